The molecule has 0 spiro atoms. The van der Waals surface area contributed by atoms with Gasteiger partial charge in [0.2, 0.25) is 0 Å². The molecule has 1 heterocycles. The molecule has 1 aliphatic rings. The molecule has 90 valence electrons. The molecule has 0 radical (unpaired) electrons. The number of hydrogen-bond donors (Lipinski definition) is 0. The Morgan fingerprint density at radius 1 is 1.20 bits per heavy atom. The normalized spacial score (nSPS) is 20.6. The van der Waals surface area contributed by atoms with Gasteiger partial charge in [-0.2, -0.15) is 0 Å². The van der Waals surface area contributed by atoms with E-state index < -0.39 is 0 Å². The van der Waals surface area contributed by atoms with Crippen LogP contribution in [-0.4, -0.2) is 24.9 Å². The molecular formula is C13H26O2. The molecule has 15 heavy (non-hydrogen) atoms. The van der Waals surface area contributed by atoms with Crippen LogP contribution in [0.25, 0.3) is 0 Å². The average Bonchev–Trinajstić information content (AvgIpc) is 3.08. The van der Waals surface area contributed by atoms with E-state index in [4.69, 9.17) is 9.47 Å². The van der Waals surface area contributed by atoms with Crippen LogP contribution in [0.15, 0.2) is 0 Å². The van der Waals surface area contributed by atoms with Crippen LogP contribution < -0.4 is 0 Å². The van der Waals surface area contributed by atoms with E-state index in [1.54, 1.807) is 0 Å². The van der Waals surface area contributed by atoms with E-state index >= 15 is 0 Å². The molecule has 0 N–H and O–H groups in total. The molecular weight excluding hydrogens is 188 g/mol. The molecule has 1 atom stereocenters. The summed E-state index contributed by atoms with van der Waals surface area (Å²) >= 11 is 0. The fraction of sp³-hybridized carbons (Fsp3) is 1.00. The van der Waals surface area contributed by atoms with Crippen molar-refractivity contribution < 1.29 is 9.47 Å². The molecule has 0 aromatic carbocycles. The van der Waals surface area contributed by atoms with Crippen LogP contribution in [0.3, 0.4) is 0 Å². The maximum atomic E-state index is 6.07. The third kappa shape index (κ3) is 4.52. The van der Waals surface area contributed by atoms with Crippen molar-refractivity contribution >= 4 is 0 Å². The van der Waals surface area contributed by atoms with Gasteiger partial charge in [-0.25, -0.2) is 0 Å². The van der Waals surface area contributed by atoms with E-state index in [9.17, 15) is 0 Å². The molecule has 0 bridgehead atoms. The summed E-state index contributed by atoms with van der Waals surface area (Å²) in [5, 5.41) is 0. The second kappa shape index (κ2) is 6.49. The summed E-state index contributed by atoms with van der Waals surface area (Å²) in [5.74, 6) is 0. The monoisotopic (exact) mass is 214 g/mol. The minimum atomic E-state index is 0.126. The zero-order valence-corrected chi connectivity index (χ0v) is 10.6. The first-order valence-corrected chi connectivity index (χ1v) is 6.52. The third-order valence-electron chi connectivity index (χ3n) is 3.50. The predicted octanol–water partition coefficient (Wildman–Crippen LogP) is 3.54. The topological polar surface area (TPSA) is 21.8 Å². The van der Waals surface area contributed by atoms with Gasteiger partial charge in [-0.15, -0.1) is 0 Å². The van der Waals surface area contributed by atoms with Crippen molar-refractivity contribution in [2.75, 3.05) is 13.2 Å². The fourth-order valence-corrected chi connectivity index (χ4v) is 2.01. The lowest BCUT2D eigenvalue weighted by atomic mass is 9.90. The van der Waals surface area contributed by atoms with Gasteiger partial charge in [0.1, 0.15) is 6.10 Å². The molecule has 1 saturated heterocycles. The SMILES string of the molecule is CCCCCC(CC)(CC)OCC1CO1. The van der Waals surface area contributed by atoms with Gasteiger partial charge in [-0.3, -0.25) is 0 Å². The summed E-state index contributed by atoms with van der Waals surface area (Å²) in [5.41, 5.74) is 0.126. The fourth-order valence-electron chi connectivity index (χ4n) is 2.01. The Bertz CT molecular complexity index is 160. The minimum absolute atomic E-state index is 0.126. The van der Waals surface area contributed by atoms with E-state index in [1.807, 2.05) is 0 Å². The molecule has 1 aliphatic heterocycles. The highest BCUT2D eigenvalue weighted by atomic mass is 16.6. The quantitative estimate of drug-likeness (QED) is 0.432. The first kappa shape index (κ1) is 13.0. The van der Waals surface area contributed by atoms with E-state index in [1.165, 1.54) is 25.7 Å². The number of epoxide rings is 1. The summed E-state index contributed by atoms with van der Waals surface area (Å²) < 4.78 is 11.3. The number of unbranched alkanes of at least 4 members (excludes halogenated alkanes) is 2. The van der Waals surface area contributed by atoms with Crippen molar-refractivity contribution in [3.63, 3.8) is 0 Å². The molecule has 0 aliphatic carbocycles. The Hall–Kier alpha value is -0.0800. The van der Waals surface area contributed by atoms with E-state index in [-0.39, 0.29) is 5.60 Å². The second-order valence-electron chi connectivity index (χ2n) is 4.61. The minimum Gasteiger partial charge on any atom is -0.372 e. The molecule has 0 aromatic rings. The van der Waals surface area contributed by atoms with Crippen LogP contribution in [-0.2, 0) is 9.47 Å². The molecule has 0 aromatic heterocycles. The third-order valence-corrected chi connectivity index (χ3v) is 3.50. The second-order valence-corrected chi connectivity index (χ2v) is 4.61. The van der Waals surface area contributed by atoms with E-state index in [0.717, 1.165) is 26.1 Å². The Morgan fingerprint density at radius 3 is 2.33 bits per heavy atom. The first-order chi connectivity index (χ1) is 7.26. The van der Waals surface area contributed by atoms with Crippen LogP contribution in [0, 0.1) is 0 Å². The summed E-state index contributed by atoms with van der Waals surface area (Å²) in [7, 11) is 0. The first-order valence-electron chi connectivity index (χ1n) is 6.52. The van der Waals surface area contributed by atoms with Gasteiger partial charge in [-0.05, 0) is 19.3 Å². The molecule has 1 fully saturated rings. The average molecular weight is 214 g/mol. The number of ether oxygens (including phenoxy) is 2. The zero-order valence-electron chi connectivity index (χ0n) is 10.6. The summed E-state index contributed by atoms with van der Waals surface area (Å²) in [6, 6.07) is 0. The Labute approximate surface area is 94.3 Å². The lowest BCUT2D eigenvalue weighted by molar-refractivity contribution is -0.0639. The van der Waals surface area contributed by atoms with Gasteiger partial charge in [-0.1, -0.05) is 40.0 Å². The summed E-state index contributed by atoms with van der Waals surface area (Å²) in [6.07, 6.45) is 7.76. The Kier molecular flexibility index (Phi) is 5.62. The van der Waals surface area contributed by atoms with Crippen LogP contribution in [0.4, 0.5) is 0 Å². The van der Waals surface area contributed by atoms with E-state index in [2.05, 4.69) is 20.8 Å². The highest BCUT2D eigenvalue weighted by molar-refractivity contribution is 4.80. The summed E-state index contributed by atoms with van der Waals surface area (Å²) in [4.78, 5) is 0. The van der Waals surface area contributed by atoms with Crippen LogP contribution in [0.5, 0.6) is 0 Å². The standard InChI is InChI=1S/C13H26O2/c1-4-7-8-9-13(5-2,6-3)15-11-12-10-14-12/h12H,4-11H2,1-3H3. The maximum Gasteiger partial charge on any atom is 0.104 e. The van der Waals surface area contributed by atoms with Crippen molar-refractivity contribution in [2.45, 2.75) is 71.0 Å². The molecule has 2 nitrogen and oxygen atoms in total. The van der Waals surface area contributed by atoms with Crippen molar-refractivity contribution in [1.82, 2.24) is 0 Å². The van der Waals surface area contributed by atoms with Crippen LogP contribution >= 0.6 is 0 Å². The molecule has 0 saturated carbocycles. The number of hydrogen-bond acceptors (Lipinski definition) is 2. The van der Waals surface area contributed by atoms with Crippen molar-refractivity contribution in [3.05, 3.63) is 0 Å². The molecule has 1 rings (SSSR count). The van der Waals surface area contributed by atoms with Gasteiger partial charge < -0.3 is 9.47 Å². The Morgan fingerprint density at radius 2 is 1.87 bits per heavy atom. The smallest absolute Gasteiger partial charge is 0.104 e. The van der Waals surface area contributed by atoms with Crippen molar-refractivity contribution in [1.29, 1.82) is 0 Å². The Balaban J connectivity index is 2.28. The maximum absolute atomic E-state index is 6.07. The molecule has 0 amide bonds. The van der Waals surface area contributed by atoms with Gasteiger partial charge in [0.05, 0.1) is 18.8 Å². The van der Waals surface area contributed by atoms with E-state index in [0.29, 0.717) is 6.10 Å². The lowest BCUT2D eigenvalue weighted by Gasteiger charge is -2.32. The highest BCUT2D eigenvalue weighted by Crippen LogP contribution is 2.28. The lowest BCUT2D eigenvalue weighted by Crippen LogP contribution is -2.32. The molecule has 2 heteroatoms. The predicted molar refractivity (Wildman–Crippen MR) is 63.1 cm³/mol. The van der Waals surface area contributed by atoms with Crippen LogP contribution in [0.1, 0.15) is 59.3 Å². The van der Waals surface area contributed by atoms with Gasteiger partial charge >= 0.3 is 0 Å². The largest absolute Gasteiger partial charge is 0.372 e. The molecule has 1 unspecified atom stereocenters. The zero-order chi connectivity index (χ0) is 11.1. The van der Waals surface area contributed by atoms with Gasteiger partial charge in [0.25, 0.3) is 0 Å². The summed E-state index contributed by atoms with van der Waals surface area (Å²) in [6.45, 7) is 8.43. The highest BCUT2D eigenvalue weighted by Gasteiger charge is 2.31. The van der Waals surface area contributed by atoms with Crippen LogP contribution in [0.2, 0.25) is 0 Å². The van der Waals surface area contributed by atoms with Gasteiger partial charge in [0, 0.05) is 0 Å². The van der Waals surface area contributed by atoms with Gasteiger partial charge in [0.15, 0.2) is 0 Å². The van der Waals surface area contributed by atoms with Crippen molar-refractivity contribution in [3.8, 4) is 0 Å². The van der Waals surface area contributed by atoms with Crippen molar-refractivity contribution in [2.24, 2.45) is 0 Å². The number of rotatable bonds is 9.